The summed E-state index contributed by atoms with van der Waals surface area (Å²) in [7, 11) is 0. The highest BCUT2D eigenvalue weighted by Gasteiger charge is 2.37. The summed E-state index contributed by atoms with van der Waals surface area (Å²) in [4.78, 5) is 29.7. The molecule has 1 aliphatic heterocycles. The van der Waals surface area contributed by atoms with Gasteiger partial charge in [0, 0.05) is 38.6 Å². The normalized spacial score (nSPS) is 19.8. The van der Waals surface area contributed by atoms with Gasteiger partial charge in [-0.3, -0.25) is 14.5 Å². The number of rotatable bonds is 7. The molecule has 0 spiro atoms. The molecule has 1 saturated heterocycles. The van der Waals surface area contributed by atoms with E-state index in [1.807, 2.05) is 36.9 Å². The summed E-state index contributed by atoms with van der Waals surface area (Å²) in [5.74, 6) is 0.887. The first kappa shape index (κ1) is 20.8. The molecule has 0 bridgehead atoms. The van der Waals surface area contributed by atoms with Crippen LogP contribution in [0.5, 0.6) is 0 Å². The molecule has 2 aliphatic rings. The van der Waals surface area contributed by atoms with Gasteiger partial charge < -0.3 is 10.2 Å². The Morgan fingerprint density at radius 2 is 1.68 bits per heavy atom. The third kappa shape index (κ3) is 5.34. The standard InChI is InChI=1S/C23H35N3O2/c1-18(2)23(28)26-16-14-25(15-17-26)21(20-10-6-7-11-20)22(27)24-13-12-19-8-4-3-5-9-19/h3-5,8-9,18,20-21H,6-7,10-17H2,1-2H3,(H,24,27). The zero-order valence-electron chi connectivity index (χ0n) is 17.4. The van der Waals surface area contributed by atoms with Crippen molar-refractivity contribution < 1.29 is 9.59 Å². The van der Waals surface area contributed by atoms with Crippen LogP contribution in [-0.2, 0) is 16.0 Å². The molecule has 1 heterocycles. The molecule has 1 unspecified atom stereocenters. The second-order valence-corrected chi connectivity index (χ2v) is 8.53. The molecule has 1 atom stereocenters. The molecule has 1 N–H and O–H groups in total. The number of hydrogen-bond donors (Lipinski definition) is 1. The molecule has 1 aliphatic carbocycles. The number of piperazine rings is 1. The topological polar surface area (TPSA) is 52.7 Å². The Hall–Kier alpha value is -1.88. The monoisotopic (exact) mass is 385 g/mol. The maximum Gasteiger partial charge on any atom is 0.237 e. The summed E-state index contributed by atoms with van der Waals surface area (Å²) < 4.78 is 0. The summed E-state index contributed by atoms with van der Waals surface area (Å²) in [6.45, 7) is 7.65. The van der Waals surface area contributed by atoms with Crippen LogP contribution >= 0.6 is 0 Å². The van der Waals surface area contributed by atoms with Crippen molar-refractivity contribution in [2.75, 3.05) is 32.7 Å². The Morgan fingerprint density at radius 3 is 2.29 bits per heavy atom. The van der Waals surface area contributed by atoms with E-state index in [1.54, 1.807) is 0 Å². The fourth-order valence-electron chi connectivity index (χ4n) is 4.62. The lowest BCUT2D eigenvalue weighted by atomic mass is 9.94. The zero-order chi connectivity index (χ0) is 19.9. The summed E-state index contributed by atoms with van der Waals surface area (Å²) in [5, 5.41) is 3.20. The van der Waals surface area contributed by atoms with Crippen molar-refractivity contribution in [2.24, 2.45) is 11.8 Å². The van der Waals surface area contributed by atoms with Crippen LogP contribution in [0.25, 0.3) is 0 Å². The lowest BCUT2D eigenvalue weighted by Gasteiger charge is -2.41. The quantitative estimate of drug-likeness (QED) is 0.785. The van der Waals surface area contributed by atoms with Crippen LogP contribution in [-0.4, -0.2) is 60.4 Å². The third-order valence-electron chi connectivity index (χ3n) is 6.18. The van der Waals surface area contributed by atoms with Gasteiger partial charge in [0.05, 0.1) is 6.04 Å². The number of amides is 2. The van der Waals surface area contributed by atoms with Gasteiger partial charge in [0.1, 0.15) is 0 Å². The van der Waals surface area contributed by atoms with Gasteiger partial charge in [-0.05, 0) is 30.7 Å². The average Bonchev–Trinajstić information content (AvgIpc) is 3.23. The van der Waals surface area contributed by atoms with Crippen LogP contribution in [0.2, 0.25) is 0 Å². The summed E-state index contributed by atoms with van der Waals surface area (Å²) in [6, 6.07) is 10.3. The SMILES string of the molecule is CC(C)C(=O)N1CCN(C(C(=O)NCCc2ccccc2)C2CCCC2)CC1. The molecule has 0 radical (unpaired) electrons. The predicted octanol–water partition coefficient (Wildman–Crippen LogP) is 2.70. The van der Waals surface area contributed by atoms with E-state index in [-0.39, 0.29) is 23.8 Å². The van der Waals surface area contributed by atoms with Crippen molar-refractivity contribution in [1.29, 1.82) is 0 Å². The van der Waals surface area contributed by atoms with Gasteiger partial charge in [-0.2, -0.15) is 0 Å². The molecular formula is C23H35N3O2. The van der Waals surface area contributed by atoms with Crippen LogP contribution in [0, 0.1) is 11.8 Å². The minimum absolute atomic E-state index is 0.0402. The second-order valence-electron chi connectivity index (χ2n) is 8.53. The Morgan fingerprint density at radius 1 is 1.04 bits per heavy atom. The van der Waals surface area contributed by atoms with E-state index in [1.165, 1.54) is 18.4 Å². The van der Waals surface area contributed by atoms with Gasteiger partial charge in [0.25, 0.3) is 0 Å². The van der Waals surface area contributed by atoms with Gasteiger partial charge >= 0.3 is 0 Å². The van der Waals surface area contributed by atoms with Crippen LogP contribution < -0.4 is 5.32 Å². The van der Waals surface area contributed by atoms with Crippen molar-refractivity contribution in [3.63, 3.8) is 0 Å². The highest BCUT2D eigenvalue weighted by atomic mass is 16.2. The van der Waals surface area contributed by atoms with E-state index in [9.17, 15) is 9.59 Å². The molecule has 2 amide bonds. The average molecular weight is 386 g/mol. The highest BCUT2D eigenvalue weighted by Crippen LogP contribution is 2.31. The first-order chi connectivity index (χ1) is 13.6. The maximum atomic E-state index is 13.1. The lowest BCUT2D eigenvalue weighted by molar-refractivity contribution is -0.138. The number of nitrogens with one attached hydrogen (secondary N) is 1. The van der Waals surface area contributed by atoms with Crippen molar-refractivity contribution >= 4 is 11.8 Å². The zero-order valence-corrected chi connectivity index (χ0v) is 17.4. The number of nitrogens with zero attached hydrogens (tertiary/aromatic N) is 2. The molecule has 154 valence electrons. The minimum atomic E-state index is -0.0467. The van der Waals surface area contributed by atoms with Crippen LogP contribution in [0.3, 0.4) is 0 Å². The summed E-state index contributed by atoms with van der Waals surface area (Å²) >= 11 is 0. The van der Waals surface area contributed by atoms with E-state index in [0.29, 0.717) is 12.5 Å². The molecule has 1 aromatic carbocycles. The number of carbonyl (C=O) groups is 2. The first-order valence-electron chi connectivity index (χ1n) is 10.9. The number of hydrogen-bond acceptors (Lipinski definition) is 3. The minimum Gasteiger partial charge on any atom is -0.354 e. The Bertz CT molecular complexity index is 633. The molecule has 1 aromatic rings. The molecule has 5 nitrogen and oxygen atoms in total. The van der Waals surface area contributed by atoms with Gasteiger partial charge in [-0.25, -0.2) is 0 Å². The van der Waals surface area contributed by atoms with E-state index in [0.717, 1.165) is 45.4 Å². The molecule has 3 rings (SSSR count). The van der Waals surface area contributed by atoms with E-state index < -0.39 is 0 Å². The second kappa shape index (κ2) is 10.1. The predicted molar refractivity (Wildman–Crippen MR) is 112 cm³/mol. The fourth-order valence-corrected chi connectivity index (χ4v) is 4.62. The molecule has 1 saturated carbocycles. The molecule has 5 heteroatoms. The highest BCUT2D eigenvalue weighted by molar-refractivity contribution is 5.82. The van der Waals surface area contributed by atoms with Crippen molar-refractivity contribution in [3.8, 4) is 0 Å². The van der Waals surface area contributed by atoms with Crippen LogP contribution in [0.4, 0.5) is 0 Å². The van der Waals surface area contributed by atoms with Gasteiger partial charge in [-0.1, -0.05) is 57.0 Å². The van der Waals surface area contributed by atoms with Crippen molar-refractivity contribution in [2.45, 2.75) is 52.0 Å². The van der Waals surface area contributed by atoms with E-state index in [4.69, 9.17) is 0 Å². The van der Waals surface area contributed by atoms with Crippen molar-refractivity contribution in [3.05, 3.63) is 35.9 Å². The largest absolute Gasteiger partial charge is 0.354 e. The Kier molecular flexibility index (Phi) is 7.49. The summed E-state index contributed by atoms with van der Waals surface area (Å²) in [5.41, 5.74) is 1.25. The molecule has 2 fully saturated rings. The Labute approximate surface area is 169 Å². The van der Waals surface area contributed by atoms with Gasteiger partial charge in [0.15, 0.2) is 0 Å². The molecular weight excluding hydrogens is 350 g/mol. The fraction of sp³-hybridized carbons (Fsp3) is 0.652. The smallest absolute Gasteiger partial charge is 0.237 e. The Balaban J connectivity index is 1.56. The lowest BCUT2D eigenvalue weighted by Crippen LogP contribution is -2.58. The maximum absolute atomic E-state index is 13.1. The van der Waals surface area contributed by atoms with E-state index in [2.05, 4.69) is 22.3 Å². The third-order valence-corrected chi connectivity index (χ3v) is 6.18. The van der Waals surface area contributed by atoms with Crippen molar-refractivity contribution in [1.82, 2.24) is 15.1 Å². The molecule has 28 heavy (non-hydrogen) atoms. The van der Waals surface area contributed by atoms with E-state index >= 15 is 0 Å². The summed E-state index contributed by atoms with van der Waals surface area (Å²) in [6.07, 6.45) is 5.60. The van der Waals surface area contributed by atoms with Crippen LogP contribution in [0.15, 0.2) is 30.3 Å². The molecule has 0 aromatic heterocycles. The van der Waals surface area contributed by atoms with Gasteiger partial charge in [-0.15, -0.1) is 0 Å². The number of benzene rings is 1. The van der Waals surface area contributed by atoms with Gasteiger partial charge in [0.2, 0.25) is 11.8 Å². The first-order valence-corrected chi connectivity index (χ1v) is 10.9. The van der Waals surface area contributed by atoms with Crippen LogP contribution in [0.1, 0.15) is 45.1 Å². The number of carbonyl (C=O) groups excluding carboxylic acids is 2.